The van der Waals surface area contributed by atoms with E-state index in [-0.39, 0.29) is 24.0 Å². The van der Waals surface area contributed by atoms with Gasteiger partial charge in [0.25, 0.3) is 0 Å². The number of carbonyl (C=O) groups is 2. The highest BCUT2D eigenvalue weighted by Gasteiger charge is 2.42. The third-order valence-electron chi connectivity index (χ3n) is 3.31. The van der Waals surface area contributed by atoms with Gasteiger partial charge >= 0.3 is 11.9 Å². The quantitative estimate of drug-likeness (QED) is 0.526. The normalized spacial score (nSPS) is 32.8. The smallest absolute Gasteiger partial charge is 0.333 e. The molecule has 3 unspecified atom stereocenters. The molecule has 88 valence electrons. The first-order chi connectivity index (χ1) is 7.58. The van der Waals surface area contributed by atoms with E-state index in [0.717, 1.165) is 12.8 Å². The van der Waals surface area contributed by atoms with Gasteiger partial charge in [0.2, 0.25) is 0 Å². The monoisotopic (exact) mass is 224 g/mol. The van der Waals surface area contributed by atoms with Crippen LogP contribution in [0.15, 0.2) is 12.2 Å². The van der Waals surface area contributed by atoms with Crippen molar-refractivity contribution in [3.05, 3.63) is 12.2 Å². The van der Waals surface area contributed by atoms with Crippen LogP contribution in [0.1, 0.15) is 26.2 Å². The van der Waals surface area contributed by atoms with Gasteiger partial charge in [-0.25, -0.2) is 4.79 Å². The minimum Gasteiger partial charge on any atom is -0.465 e. The van der Waals surface area contributed by atoms with Crippen LogP contribution < -0.4 is 0 Å². The van der Waals surface area contributed by atoms with Crippen LogP contribution in [0, 0.1) is 11.8 Å². The molecule has 4 heteroatoms. The topological polar surface area (TPSA) is 52.6 Å². The molecule has 0 amide bonds. The maximum Gasteiger partial charge on any atom is 0.333 e. The van der Waals surface area contributed by atoms with Crippen molar-refractivity contribution in [1.29, 1.82) is 0 Å². The van der Waals surface area contributed by atoms with Gasteiger partial charge in [-0.2, -0.15) is 0 Å². The summed E-state index contributed by atoms with van der Waals surface area (Å²) in [6.45, 7) is 5.69. The van der Waals surface area contributed by atoms with Crippen molar-refractivity contribution in [2.24, 2.45) is 11.8 Å². The molecule has 2 rings (SSSR count). The van der Waals surface area contributed by atoms with E-state index in [2.05, 4.69) is 6.58 Å². The van der Waals surface area contributed by atoms with Gasteiger partial charge in [0.1, 0.15) is 6.10 Å². The third kappa shape index (κ3) is 2.10. The van der Waals surface area contributed by atoms with Crippen molar-refractivity contribution in [1.82, 2.24) is 0 Å². The molecule has 0 aromatic heterocycles. The summed E-state index contributed by atoms with van der Waals surface area (Å²) in [5.41, 5.74) is 0.399. The average Bonchev–Trinajstić information content (AvgIpc) is 2.60. The third-order valence-corrected chi connectivity index (χ3v) is 3.31. The summed E-state index contributed by atoms with van der Waals surface area (Å²) in [6, 6.07) is 0. The molecule has 1 saturated carbocycles. The van der Waals surface area contributed by atoms with E-state index >= 15 is 0 Å². The first-order valence-electron chi connectivity index (χ1n) is 5.61. The fraction of sp³-hybridized carbons (Fsp3) is 0.667. The molecular weight excluding hydrogens is 208 g/mol. The lowest BCUT2D eigenvalue weighted by molar-refractivity contribution is -0.150. The molecule has 2 aliphatic rings. The van der Waals surface area contributed by atoms with Gasteiger partial charge in [-0.15, -0.1) is 0 Å². The van der Waals surface area contributed by atoms with Crippen LogP contribution in [0.5, 0.6) is 0 Å². The zero-order chi connectivity index (χ0) is 11.7. The molecular formula is C12H16O4. The molecule has 0 radical (unpaired) electrons. The summed E-state index contributed by atoms with van der Waals surface area (Å²) < 4.78 is 10.3. The van der Waals surface area contributed by atoms with E-state index in [9.17, 15) is 9.59 Å². The number of esters is 2. The minimum absolute atomic E-state index is 0.0725. The van der Waals surface area contributed by atoms with Gasteiger partial charge < -0.3 is 9.47 Å². The summed E-state index contributed by atoms with van der Waals surface area (Å²) in [5.74, 6) is -0.250. The lowest BCUT2D eigenvalue weighted by Crippen LogP contribution is -2.32. The van der Waals surface area contributed by atoms with Gasteiger partial charge in [0, 0.05) is 11.5 Å². The maximum atomic E-state index is 11.4. The minimum atomic E-state index is -0.366. The molecule has 4 nitrogen and oxygen atoms in total. The number of hydrogen-bond acceptors (Lipinski definition) is 4. The fourth-order valence-electron chi connectivity index (χ4n) is 2.34. The predicted molar refractivity (Wildman–Crippen MR) is 56.5 cm³/mol. The highest BCUT2D eigenvalue weighted by molar-refractivity contribution is 5.87. The van der Waals surface area contributed by atoms with Gasteiger partial charge in [0.05, 0.1) is 12.5 Å². The molecule has 3 atom stereocenters. The predicted octanol–water partition coefficient (Wildman–Crippen LogP) is 1.45. The van der Waals surface area contributed by atoms with Crippen molar-refractivity contribution in [3.63, 3.8) is 0 Å². The summed E-state index contributed by atoms with van der Waals surface area (Å²) in [5, 5.41) is 0. The number of hydrogen-bond donors (Lipinski definition) is 0. The second kappa shape index (κ2) is 4.28. The van der Waals surface area contributed by atoms with Gasteiger partial charge in [-0.3, -0.25) is 4.79 Å². The van der Waals surface area contributed by atoms with Gasteiger partial charge in [-0.05, 0) is 26.2 Å². The Balaban J connectivity index is 1.92. The number of fused-ring (bicyclic) bond motifs is 1. The van der Waals surface area contributed by atoms with E-state index in [4.69, 9.17) is 9.47 Å². The van der Waals surface area contributed by atoms with Crippen molar-refractivity contribution < 1.29 is 19.1 Å². The van der Waals surface area contributed by atoms with Crippen LogP contribution in [0.25, 0.3) is 0 Å². The summed E-state index contributed by atoms with van der Waals surface area (Å²) >= 11 is 0. The molecule has 1 aliphatic heterocycles. The van der Waals surface area contributed by atoms with E-state index in [0.29, 0.717) is 24.5 Å². The first-order valence-corrected chi connectivity index (χ1v) is 5.61. The Morgan fingerprint density at radius 1 is 1.50 bits per heavy atom. The second-order valence-corrected chi connectivity index (χ2v) is 4.62. The van der Waals surface area contributed by atoms with Crippen LogP contribution in [-0.2, 0) is 19.1 Å². The summed E-state index contributed by atoms with van der Waals surface area (Å²) in [7, 11) is 0. The highest BCUT2D eigenvalue weighted by atomic mass is 16.5. The molecule has 1 heterocycles. The second-order valence-electron chi connectivity index (χ2n) is 4.62. The molecule has 16 heavy (non-hydrogen) atoms. The molecule has 1 aliphatic carbocycles. The standard InChI is InChI=1S/C12H16O4/c1-7(2)11(13)16-9-4-3-8-6-15-12(14)10(8)5-9/h8-10H,1,3-6H2,2H3. The van der Waals surface area contributed by atoms with Gasteiger partial charge in [-0.1, -0.05) is 6.58 Å². The molecule has 0 aromatic carbocycles. The zero-order valence-corrected chi connectivity index (χ0v) is 9.40. The average molecular weight is 224 g/mol. The Bertz CT molecular complexity index is 334. The summed E-state index contributed by atoms with van der Waals surface area (Å²) in [4.78, 5) is 22.7. The Labute approximate surface area is 94.6 Å². The first kappa shape index (κ1) is 11.2. The fourth-order valence-corrected chi connectivity index (χ4v) is 2.34. The molecule has 2 fully saturated rings. The largest absolute Gasteiger partial charge is 0.465 e. The molecule has 0 N–H and O–H groups in total. The van der Waals surface area contributed by atoms with Crippen molar-refractivity contribution >= 4 is 11.9 Å². The Morgan fingerprint density at radius 2 is 2.25 bits per heavy atom. The maximum absolute atomic E-state index is 11.4. The van der Waals surface area contributed by atoms with Crippen molar-refractivity contribution in [2.75, 3.05) is 6.61 Å². The molecule has 0 aromatic rings. The van der Waals surface area contributed by atoms with Crippen LogP contribution in [0.3, 0.4) is 0 Å². The molecule has 0 bridgehead atoms. The van der Waals surface area contributed by atoms with E-state index in [1.165, 1.54) is 0 Å². The summed E-state index contributed by atoms with van der Waals surface area (Å²) in [6.07, 6.45) is 2.15. The SMILES string of the molecule is C=C(C)C(=O)OC1CCC2COC(=O)C2C1. The number of carbonyl (C=O) groups excluding carboxylic acids is 2. The number of ether oxygens (including phenoxy) is 2. The number of cyclic esters (lactones) is 1. The number of rotatable bonds is 2. The molecule has 1 saturated heterocycles. The van der Waals surface area contributed by atoms with Gasteiger partial charge in [0.15, 0.2) is 0 Å². The van der Waals surface area contributed by atoms with E-state index in [1.807, 2.05) is 0 Å². The lowest BCUT2D eigenvalue weighted by Gasteiger charge is -2.28. The van der Waals surface area contributed by atoms with Crippen LogP contribution in [-0.4, -0.2) is 24.6 Å². The lowest BCUT2D eigenvalue weighted by atomic mass is 9.80. The van der Waals surface area contributed by atoms with Crippen LogP contribution in [0.2, 0.25) is 0 Å². The van der Waals surface area contributed by atoms with Crippen molar-refractivity contribution in [3.8, 4) is 0 Å². The Morgan fingerprint density at radius 3 is 2.94 bits per heavy atom. The highest BCUT2D eigenvalue weighted by Crippen LogP contribution is 2.37. The van der Waals surface area contributed by atoms with E-state index in [1.54, 1.807) is 6.92 Å². The van der Waals surface area contributed by atoms with Crippen LogP contribution in [0.4, 0.5) is 0 Å². The van der Waals surface area contributed by atoms with Crippen LogP contribution >= 0.6 is 0 Å². The molecule has 0 spiro atoms. The zero-order valence-electron chi connectivity index (χ0n) is 9.40. The van der Waals surface area contributed by atoms with E-state index < -0.39 is 0 Å². The van der Waals surface area contributed by atoms with Crippen molar-refractivity contribution in [2.45, 2.75) is 32.3 Å². The Kier molecular flexibility index (Phi) is 2.99. The Hall–Kier alpha value is -1.32.